The van der Waals surface area contributed by atoms with E-state index in [9.17, 15) is 49.4 Å². The lowest BCUT2D eigenvalue weighted by molar-refractivity contribution is -0.154. The second-order valence-electron chi connectivity index (χ2n) is 10.4. The second kappa shape index (κ2) is 10.3. The predicted molar refractivity (Wildman–Crippen MR) is 123 cm³/mol. The highest BCUT2D eigenvalue weighted by Gasteiger charge is 2.50. The summed E-state index contributed by atoms with van der Waals surface area (Å²) in [5, 5.41) is 10.0. The van der Waals surface area contributed by atoms with Crippen LogP contribution in [-0.4, -0.2) is 34.7 Å². The van der Waals surface area contributed by atoms with Gasteiger partial charge in [-0.05, 0) is 74.2 Å². The Morgan fingerprint density at radius 1 is 0.974 bits per heavy atom. The summed E-state index contributed by atoms with van der Waals surface area (Å²) in [4.78, 5) is 13.8. The number of piperidine rings is 1. The summed E-state index contributed by atoms with van der Waals surface area (Å²) in [6.07, 6.45) is -6.85. The number of rotatable bonds is 5. The summed E-state index contributed by atoms with van der Waals surface area (Å²) in [6.45, 7) is -0.438. The Hall–Kier alpha value is -2.76. The highest BCUT2D eigenvalue weighted by molar-refractivity contribution is 5.76. The fraction of sp³-hybridized carbons (Fsp3) is 0.519. The highest BCUT2D eigenvalue weighted by atomic mass is 19.4. The van der Waals surface area contributed by atoms with Gasteiger partial charge in [-0.15, -0.1) is 0 Å². The van der Waals surface area contributed by atoms with Gasteiger partial charge in [-0.3, -0.25) is 9.69 Å². The monoisotopic (exact) mass is 567 g/mol. The van der Waals surface area contributed by atoms with Crippen molar-refractivity contribution in [2.24, 2.45) is 17.3 Å². The van der Waals surface area contributed by atoms with Gasteiger partial charge >= 0.3 is 24.5 Å². The third kappa shape index (κ3) is 6.05. The molecule has 39 heavy (non-hydrogen) atoms. The van der Waals surface area contributed by atoms with Crippen LogP contribution in [0.2, 0.25) is 0 Å². The molecular weight excluding hydrogens is 541 g/mol. The minimum Gasteiger partial charge on any atom is -0.481 e. The van der Waals surface area contributed by atoms with Gasteiger partial charge in [0, 0.05) is 12.6 Å². The molecule has 0 saturated carbocycles. The number of allylic oxidation sites excluding steroid dienone is 5. The molecule has 1 fully saturated rings. The summed E-state index contributed by atoms with van der Waals surface area (Å²) in [5.41, 5.74) is -5.06. The molecular formula is C27H26F9NO2. The van der Waals surface area contributed by atoms with Crippen LogP contribution in [0.4, 0.5) is 39.5 Å². The maximum atomic E-state index is 13.7. The third-order valence-corrected chi connectivity index (χ3v) is 8.16. The van der Waals surface area contributed by atoms with Crippen molar-refractivity contribution in [3.8, 4) is 0 Å². The van der Waals surface area contributed by atoms with Crippen LogP contribution in [0.5, 0.6) is 0 Å². The van der Waals surface area contributed by atoms with Gasteiger partial charge in [-0.1, -0.05) is 30.4 Å². The van der Waals surface area contributed by atoms with Gasteiger partial charge in [-0.2, -0.15) is 39.5 Å². The van der Waals surface area contributed by atoms with Gasteiger partial charge in [0.05, 0.1) is 22.1 Å². The van der Waals surface area contributed by atoms with Crippen LogP contribution in [0.15, 0.2) is 54.2 Å². The Kier molecular flexibility index (Phi) is 7.74. The minimum absolute atomic E-state index is 0.0814. The lowest BCUT2D eigenvalue weighted by Crippen LogP contribution is -2.51. The van der Waals surface area contributed by atoms with Gasteiger partial charge in [0.1, 0.15) is 0 Å². The van der Waals surface area contributed by atoms with Gasteiger partial charge in [0.25, 0.3) is 0 Å². The smallest absolute Gasteiger partial charge is 0.416 e. The zero-order valence-corrected chi connectivity index (χ0v) is 20.5. The average Bonchev–Trinajstić information content (AvgIpc) is 3.34. The summed E-state index contributed by atoms with van der Waals surface area (Å²) in [5.74, 6) is -2.05. The molecule has 2 unspecified atom stereocenters. The van der Waals surface area contributed by atoms with Crippen molar-refractivity contribution in [3.63, 3.8) is 0 Å². The second-order valence-corrected chi connectivity index (χ2v) is 10.4. The summed E-state index contributed by atoms with van der Waals surface area (Å²) < 4.78 is 121. The third-order valence-electron chi connectivity index (χ3n) is 8.16. The highest BCUT2D eigenvalue weighted by Crippen LogP contribution is 2.49. The SMILES string of the molecule is O=C(O)C1(C2CCN(Cc3cc(C(F)(F)F)ccc3C(F)(F)F)C([C@@H]3C=CC(C(F)(F)F)=CC3)C2)CC=CC1. The lowest BCUT2D eigenvalue weighted by atomic mass is 9.66. The number of alkyl halides is 9. The van der Waals surface area contributed by atoms with Gasteiger partial charge in [-0.25, -0.2) is 0 Å². The Labute approximate surface area is 218 Å². The molecule has 0 aromatic heterocycles. The molecule has 2 aliphatic carbocycles. The first-order chi connectivity index (χ1) is 18.0. The van der Waals surface area contributed by atoms with Crippen molar-refractivity contribution < 1.29 is 49.4 Å². The molecule has 1 heterocycles. The van der Waals surface area contributed by atoms with Crippen molar-refractivity contribution in [2.45, 2.75) is 63.2 Å². The largest absolute Gasteiger partial charge is 0.481 e. The van der Waals surface area contributed by atoms with E-state index in [4.69, 9.17) is 0 Å². The number of nitrogens with zero attached hydrogens (tertiary/aromatic N) is 1. The first-order valence-corrected chi connectivity index (χ1v) is 12.4. The van der Waals surface area contributed by atoms with E-state index in [-0.39, 0.29) is 38.6 Å². The lowest BCUT2D eigenvalue weighted by Gasteiger charge is -2.47. The molecule has 3 aliphatic rings. The fourth-order valence-corrected chi connectivity index (χ4v) is 6.07. The van der Waals surface area contributed by atoms with Crippen molar-refractivity contribution in [1.29, 1.82) is 0 Å². The number of benzene rings is 1. The van der Waals surface area contributed by atoms with Gasteiger partial charge < -0.3 is 5.11 Å². The van der Waals surface area contributed by atoms with E-state index < -0.39 is 76.6 Å². The zero-order valence-electron chi connectivity index (χ0n) is 20.5. The first-order valence-electron chi connectivity index (χ1n) is 12.4. The summed E-state index contributed by atoms with van der Waals surface area (Å²) >= 11 is 0. The van der Waals surface area contributed by atoms with Crippen molar-refractivity contribution >= 4 is 5.97 Å². The molecule has 1 aromatic carbocycles. The number of carboxylic acids is 1. The molecule has 1 aliphatic heterocycles. The molecule has 1 N–H and O–H groups in total. The number of hydrogen-bond acceptors (Lipinski definition) is 2. The van der Waals surface area contributed by atoms with E-state index in [1.54, 1.807) is 17.1 Å². The number of likely N-dealkylation sites (tertiary alicyclic amines) is 1. The topological polar surface area (TPSA) is 40.5 Å². The number of aliphatic carboxylic acids is 1. The average molecular weight is 567 g/mol. The molecule has 1 aromatic rings. The van der Waals surface area contributed by atoms with E-state index in [1.165, 1.54) is 6.08 Å². The summed E-state index contributed by atoms with van der Waals surface area (Å²) in [7, 11) is 0. The molecule has 1 saturated heterocycles. The zero-order chi connectivity index (χ0) is 28.8. The van der Waals surface area contributed by atoms with Crippen LogP contribution >= 0.6 is 0 Å². The van der Waals surface area contributed by atoms with Crippen LogP contribution < -0.4 is 0 Å². The standard InChI is InChI=1S/C27H26F9NO2/c28-25(29,30)18-5-3-16(4-6-18)22-14-19(24(23(38)39)10-1-2-11-24)9-12-37(22)15-17-13-20(26(31,32)33)7-8-21(17)27(34,35)36/h1-3,5-8,13,16,19,22H,4,9-12,14-15H2,(H,38,39)/t16-,19?,22?/m1/s1. The van der Waals surface area contributed by atoms with Crippen LogP contribution in [0.3, 0.4) is 0 Å². The molecule has 4 rings (SSSR count). The quantitative estimate of drug-likeness (QED) is 0.292. The normalized spacial score (nSPS) is 26.1. The molecule has 0 amide bonds. The first kappa shape index (κ1) is 29.2. The van der Waals surface area contributed by atoms with E-state index in [0.29, 0.717) is 18.2 Å². The van der Waals surface area contributed by atoms with Crippen LogP contribution in [0.25, 0.3) is 0 Å². The van der Waals surface area contributed by atoms with Crippen molar-refractivity contribution in [1.82, 2.24) is 4.90 Å². The molecule has 3 nitrogen and oxygen atoms in total. The van der Waals surface area contributed by atoms with Gasteiger partial charge in [0.2, 0.25) is 0 Å². The van der Waals surface area contributed by atoms with E-state index in [2.05, 4.69) is 0 Å². The fourth-order valence-electron chi connectivity index (χ4n) is 6.07. The summed E-state index contributed by atoms with van der Waals surface area (Å²) in [6, 6.07) is 0.540. The number of halogens is 9. The van der Waals surface area contributed by atoms with Crippen LogP contribution in [0.1, 0.15) is 48.8 Å². The number of hydrogen-bond donors (Lipinski definition) is 1. The molecule has 0 spiro atoms. The Balaban J connectivity index is 1.69. The van der Waals surface area contributed by atoms with Crippen molar-refractivity contribution in [2.75, 3.05) is 6.54 Å². The van der Waals surface area contributed by atoms with Crippen molar-refractivity contribution in [3.05, 3.63) is 70.8 Å². The number of carbonyl (C=O) groups is 1. The predicted octanol–water partition coefficient (Wildman–Crippen LogP) is 7.79. The molecule has 214 valence electrons. The van der Waals surface area contributed by atoms with E-state index in [0.717, 1.165) is 12.2 Å². The minimum atomic E-state index is -4.93. The molecule has 0 radical (unpaired) electrons. The van der Waals surface area contributed by atoms with Gasteiger partial charge in [0.15, 0.2) is 0 Å². The molecule has 12 heteroatoms. The number of carboxylic acid groups (broad SMARTS) is 1. The van der Waals surface area contributed by atoms with E-state index in [1.807, 2.05) is 0 Å². The molecule has 3 atom stereocenters. The maximum absolute atomic E-state index is 13.7. The molecule has 0 bridgehead atoms. The van der Waals surface area contributed by atoms with Crippen LogP contribution in [-0.2, 0) is 23.7 Å². The Morgan fingerprint density at radius 2 is 1.64 bits per heavy atom. The van der Waals surface area contributed by atoms with E-state index >= 15 is 0 Å². The van der Waals surface area contributed by atoms with Crippen LogP contribution in [0, 0.1) is 17.3 Å². The Bertz CT molecular complexity index is 1170. The maximum Gasteiger partial charge on any atom is 0.416 e. The Morgan fingerprint density at radius 3 is 2.15 bits per heavy atom.